The van der Waals surface area contributed by atoms with Crippen molar-refractivity contribution in [3.05, 3.63) is 87.7 Å². The number of benzene rings is 3. The minimum Gasteiger partial charge on any atom is -0.493 e. The van der Waals surface area contributed by atoms with Crippen molar-refractivity contribution in [3.8, 4) is 11.5 Å². The molecular weight excluding hydrogens is 388 g/mol. The van der Waals surface area contributed by atoms with Gasteiger partial charge >= 0.3 is 0 Å². The van der Waals surface area contributed by atoms with Gasteiger partial charge in [0.15, 0.2) is 11.5 Å². The maximum Gasteiger partial charge on any atom is 0.166 e. The summed E-state index contributed by atoms with van der Waals surface area (Å²) in [5.74, 6) is 0.705. The highest BCUT2D eigenvalue weighted by Gasteiger charge is 2.14. The summed E-state index contributed by atoms with van der Waals surface area (Å²) in [5, 5.41) is 4.31. The Labute approximate surface area is 167 Å². The number of nitrogens with one attached hydrogen (secondary N) is 1. The second kappa shape index (κ2) is 8.98. The highest BCUT2D eigenvalue weighted by Crippen LogP contribution is 2.33. The molecule has 27 heavy (non-hydrogen) atoms. The summed E-state index contributed by atoms with van der Waals surface area (Å²) in [6.45, 7) is 0.499. The molecule has 0 aliphatic heterocycles. The Hall–Kier alpha value is -2.43. The van der Waals surface area contributed by atoms with E-state index in [-0.39, 0.29) is 6.61 Å². The fraction of sp³-hybridized carbons (Fsp3) is 0.143. The number of anilines is 1. The molecule has 0 radical (unpaired) electrons. The first-order valence-electron chi connectivity index (χ1n) is 8.29. The molecule has 0 bridgehead atoms. The Morgan fingerprint density at radius 2 is 1.70 bits per heavy atom. The Morgan fingerprint density at radius 3 is 2.41 bits per heavy atom. The van der Waals surface area contributed by atoms with Gasteiger partial charge in [-0.2, -0.15) is 0 Å². The topological polar surface area (TPSA) is 30.5 Å². The third-order valence-corrected chi connectivity index (χ3v) is 4.64. The van der Waals surface area contributed by atoms with Crippen molar-refractivity contribution in [3.63, 3.8) is 0 Å². The summed E-state index contributed by atoms with van der Waals surface area (Å²) in [6, 6.07) is 17.6. The molecule has 0 saturated carbocycles. The first-order valence-corrected chi connectivity index (χ1v) is 9.05. The van der Waals surface area contributed by atoms with E-state index < -0.39 is 5.82 Å². The van der Waals surface area contributed by atoms with Crippen LogP contribution in [0.5, 0.6) is 11.5 Å². The van der Waals surface area contributed by atoms with Crippen LogP contribution in [0.2, 0.25) is 10.0 Å². The molecule has 0 unspecified atom stereocenters. The maximum atomic E-state index is 14.0. The molecule has 0 spiro atoms. The summed E-state index contributed by atoms with van der Waals surface area (Å²) in [5.41, 5.74) is 2.10. The van der Waals surface area contributed by atoms with Gasteiger partial charge in [0.25, 0.3) is 0 Å². The van der Waals surface area contributed by atoms with E-state index in [2.05, 4.69) is 5.32 Å². The third kappa shape index (κ3) is 4.85. The molecule has 140 valence electrons. The summed E-state index contributed by atoms with van der Waals surface area (Å²) < 4.78 is 25.3. The monoisotopic (exact) mass is 405 g/mol. The van der Waals surface area contributed by atoms with Crippen molar-refractivity contribution >= 4 is 28.9 Å². The zero-order chi connectivity index (χ0) is 19.2. The van der Waals surface area contributed by atoms with E-state index in [1.165, 1.54) is 6.07 Å². The number of ether oxygens (including phenoxy) is 2. The lowest BCUT2D eigenvalue weighted by Gasteiger charge is -2.17. The Balaban J connectivity index is 1.79. The van der Waals surface area contributed by atoms with Crippen LogP contribution < -0.4 is 14.8 Å². The summed E-state index contributed by atoms with van der Waals surface area (Å²) in [7, 11) is 1.56. The normalized spacial score (nSPS) is 10.5. The Bertz CT molecular complexity index is 896. The van der Waals surface area contributed by atoms with Gasteiger partial charge in [0.05, 0.1) is 12.1 Å². The van der Waals surface area contributed by atoms with E-state index in [1.54, 1.807) is 25.3 Å². The van der Waals surface area contributed by atoms with Gasteiger partial charge in [-0.05, 0) is 42.5 Å². The van der Waals surface area contributed by atoms with Crippen LogP contribution in [0.25, 0.3) is 0 Å². The minimum absolute atomic E-state index is 0.000174. The molecule has 6 heteroatoms. The SMILES string of the molecule is COc1cccc(CNc2ccc(Cl)cc2)c1OCc1c(F)cccc1Cl. The average Bonchev–Trinajstić information content (AvgIpc) is 2.67. The molecule has 3 aromatic rings. The number of para-hydroxylation sites is 1. The molecule has 0 aliphatic rings. The van der Waals surface area contributed by atoms with Crippen LogP contribution >= 0.6 is 23.2 Å². The zero-order valence-electron chi connectivity index (χ0n) is 14.6. The van der Waals surface area contributed by atoms with E-state index in [9.17, 15) is 4.39 Å². The lowest BCUT2D eigenvalue weighted by Crippen LogP contribution is -2.06. The molecule has 0 atom stereocenters. The van der Waals surface area contributed by atoms with E-state index in [0.29, 0.717) is 33.7 Å². The summed E-state index contributed by atoms with van der Waals surface area (Å²) in [4.78, 5) is 0. The highest BCUT2D eigenvalue weighted by molar-refractivity contribution is 6.31. The van der Waals surface area contributed by atoms with Crippen molar-refractivity contribution < 1.29 is 13.9 Å². The molecule has 1 N–H and O–H groups in total. The zero-order valence-corrected chi connectivity index (χ0v) is 16.1. The lowest BCUT2D eigenvalue weighted by molar-refractivity contribution is 0.277. The van der Waals surface area contributed by atoms with E-state index in [0.717, 1.165) is 11.3 Å². The number of hydrogen-bond acceptors (Lipinski definition) is 3. The molecule has 0 aliphatic carbocycles. The molecule has 0 aromatic heterocycles. The smallest absolute Gasteiger partial charge is 0.166 e. The Kier molecular flexibility index (Phi) is 6.43. The van der Waals surface area contributed by atoms with Crippen LogP contribution in [0.1, 0.15) is 11.1 Å². The molecule has 0 saturated heterocycles. The first kappa shape index (κ1) is 19.3. The van der Waals surface area contributed by atoms with Crippen LogP contribution in [-0.2, 0) is 13.2 Å². The molecule has 0 fully saturated rings. The summed E-state index contributed by atoms with van der Waals surface area (Å²) >= 11 is 12.0. The molecule has 0 heterocycles. The van der Waals surface area contributed by atoms with Crippen molar-refractivity contribution in [2.24, 2.45) is 0 Å². The Morgan fingerprint density at radius 1 is 0.963 bits per heavy atom. The molecule has 3 rings (SSSR count). The number of halogens is 3. The predicted octanol–water partition coefficient (Wildman–Crippen LogP) is 6.33. The van der Waals surface area contributed by atoms with Gasteiger partial charge in [-0.1, -0.05) is 41.4 Å². The molecular formula is C21H18Cl2FNO2. The number of methoxy groups -OCH3 is 1. The lowest BCUT2D eigenvalue weighted by atomic mass is 10.1. The third-order valence-electron chi connectivity index (χ3n) is 4.03. The van der Waals surface area contributed by atoms with Gasteiger partial charge in [0.2, 0.25) is 0 Å². The van der Waals surface area contributed by atoms with Gasteiger partial charge in [-0.15, -0.1) is 0 Å². The standard InChI is InChI=1S/C21H18Cl2FNO2/c1-26-20-7-2-4-14(12-25-16-10-8-15(22)9-11-16)21(20)27-13-17-18(23)5-3-6-19(17)24/h2-11,25H,12-13H2,1H3. The van der Waals surface area contributed by atoms with Gasteiger partial charge in [0, 0.05) is 28.4 Å². The number of rotatable bonds is 7. The van der Waals surface area contributed by atoms with Crippen LogP contribution in [0.15, 0.2) is 60.7 Å². The van der Waals surface area contributed by atoms with Crippen molar-refractivity contribution in [1.29, 1.82) is 0 Å². The van der Waals surface area contributed by atoms with Gasteiger partial charge < -0.3 is 14.8 Å². The van der Waals surface area contributed by atoms with Gasteiger partial charge in [-0.3, -0.25) is 0 Å². The van der Waals surface area contributed by atoms with Crippen molar-refractivity contribution in [2.45, 2.75) is 13.2 Å². The average molecular weight is 406 g/mol. The van der Waals surface area contributed by atoms with Crippen LogP contribution in [0.3, 0.4) is 0 Å². The fourth-order valence-electron chi connectivity index (χ4n) is 2.60. The van der Waals surface area contributed by atoms with Crippen LogP contribution in [0.4, 0.5) is 10.1 Å². The van der Waals surface area contributed by atoms with Crippen LogP contribution in [0, 0.1) is 5.82 Å². The molecule has 3 nitrogen and oxygen atoms in total. The maximum absolute atomic E-state index is 14.0. The highest BCUT2D eigenvalue weighted by atomic mass is 35.5. The molecule has 3 aromatic carbocycles. The second-order valence-corrected chi connectivity index (χ2v) is 6.64. The van der Waals surface area contributed by atoms with Gasteiger partial charge in [0.1, 0.15) is 12.4 Å². The van der Waals surface area contributed by atoms with Crippen LogP contribution in [-0.4, -0.2) is 7.11 Å². The van der Waals surface area contributed by atoms with E-state index in [1.807, 2.05) is 36.4 Å². The van der Waals surface area contributed by atoms with E-state index in [4.69, 9.17) is 32.7 Å². The minimum atomic E-state index is -0.404. The first-order chi connectivity index (χ1) is 13.1. The molecule has 0 amide bonds. The van der Waals surface area contributed by atoms with E-state index >= 15 is 0 Å². The number of hydrogen-bond donors (Lipinski definition) is 1. The largest absolute Gasteiger partial charge is 0.493 e. The van der Waals surface area contributed by atoms with Gasteiger partial charge in [-0.25, -0.2) is 4.39 Å². The fourth-order valence-corrected chi connectivity index (χ4v) is 2.95. The van der Waals surface area contributed by atoms with Crippen molar-refractivity contribution in [2.75, 3.05) is 12.4 Å². The predicted molar refractivity (Wildman–Crippen MR) is 108 cm³/mol. The van der Waals surface area contributed by atoms with Crippen molar-refractivity contribution in [1.82, 2.24) is 0 Å². The summed E-state index contributed by atoms with van der Waals surface area (Å²) in [6.07, 6.45) is 0. The quantitative estimate of drug-likeness (QED) is 0.497. The second-order valence-electron chi connectivity index (χ2n) is 5.80.